The quantitative estimate of drug-likeness (QED) is 0.543. The highest BCUT2D eigenvalue weighted by Gasteiger charge is 2.22. The summed E-state index contributed by atoms with van der Waals surface area (Å²) >= 11 is 0. The monoisotopic (exact) mass is 393 g/mol. The van der Waals surface area contributed by atoms with E-state index >= 15 is 0 Å². The van der Waals surface area contributed by atoms with Gasteiger partial charge >= 0.3 is 5.97 Å². The second kappa shape index (κ2) is 8.52. The molecule has 0 bridgehead atoms. The van der Waals surface area contributed by atoms with Crippen LogP contribution in [-0.4, -0.2) is 49.5 Å². The van der Waals surface area contributed by atoms with Gasteiger partial charge in [0.15, 0.2) is 0 Å². The average Bonchev–Trinajstić information content (AvgIpc) is 2.62. The summed E-state index contributed by atoms with van der Waals surface area (Å²) in [6, 6.07) is 10.3. The lowest BCUT2D eigenvalue weighted by Crippen LogP contribution is -2.36. The van der Waals surface area contributed by atoms with Crippen LogP contribution in [0.3, 0.4) is 0 Å². The molecule has 27 heavy (non-hydrogen) atoms. The van der Waals surface area contributed by atoms with Crippen LogP contribution in [0.4, 0.5) is 4.39 Å². The van der Waals surface area contributed by atoms with Gasteiger partial charge in [-0.15, -0.1) is 0 Å². The summed E-state index contributed by atoms with van der Waals surface area (Å²) in [5.41, 5.74) is 2.41. The smallest absolute Gasteiger partial charge is 0.336 e. The number of carbonyl (C=O) groups excluding carboxylic acids is 1. The van der Waals surface area contributed by atoms with Crippen LogP contribution >= 0.6 is 0 Å². The molecule has 8 nitrogen and oxygen atoms in total. The van der Waals surface area contributed by atoms with Gasteiger partial charge in [-0.3, -0.25) is 4.79 Å². The van der Waals surface area contributed by atoms with Gasteiger partial charge in [0.2, 0.25) is 10.0 Å². The van der Waals surface area contributed by atoms with Crippen molar-refractivity contribution < 1.29 is 27.5 Å². The number of amides is 1. The van der Waals surface area contributed by atoms with Crippen molar-refractivity contribution in [1.29, 1.82) is 0 Å². The van der Waals surface area contributed by atoms with Crippen molar-refractivity contribution in [3.63, 3.8) is 0 Å². The lowest BCUT2D eigenvalue weighted by Gasteiger charge is -2.16. The third-order valence-corrected chi connectivity index (χ3v) is 5.29. The number of carboxylic acids is 1. The average molecular weight is 393 g/mol. The Kier molecular flexibility index (Phi) is 6.37. The first kappa shape index (κ1) is 20.2. The minimum absolute atomic E-state index is 0.00602. The van der Waals surface area contributed by atoms with Crippen LogP contribution in [0.25, 0.3) is 0 Å². The van der Waals surface area contributed by atoms with Gasteiger partial charge in [0.05, 0.1) is 23.2 Å². The highest BCUT2D eigenvalue weighted by molar-refractivity contribution is 7.89. The molecule has 2 aromatic carbocycles. The number of nitrogens with one attached hydrogen (secondary N) is 1. The number of benzene rings is 2. The Morgan fingerprint density at radius 2 is 1.81 bits per heavy atom. The fourth-order valence-electron chi connectivity index (χ4n) is 2.09. The summed E-state index contributed by atoms with van der Waals surface area (Å²) in [6.07, 6.45) is 1.15. The van der Waals surface area contributed by atoms with Crippen LogP contribution in [0.5, 0.6) is 0 Å². The maximum atomic E-state index is 12.9. The zero-order valence-corrected chi connectivity index (χ0v) is 15.0. The first-order valence-electron chi connectivity index (χ1n) is 7.58. The van der Waals surface area contributed by atoms with E-state index in [0.717, 1.165) is 34.8 Å². The summed E-state index contributed by atoms with van der Waals surface area (Å²) in [7, 11) is -2.77. The molecule has 0 atom stereocenters. The second-order valence-corrected chi connectivity index (χ2v) is 7.45. The van der Waals surface area contributed by atoms with Gasteiger partial charge in [-0.25, -0.2) is 23.0 Å². The van der Waals surface area contributed by atoms with Gasteiger partial charge in [-0.05, 0) is 30.3 Å². The van der Waals surface area contributed by atoms with Gasteiger partial charge in [-0.2, -0.15) is 9.41 Å². The Balaban J connectivity index is 2.01. The van der Waals surface area contributed by atoms with E-state index in [1.807, 2.05) is 0 Å². The number of hydrogen-bond donors (Lipinski definition) is 2. The number of carbonyl (C=O) groups is 2. The molecule has 2 aromatic rings. The molecule has 1 amide bonds. The van der Waals surface area contributed by atoms with Crippen molar-refractivity contribution in [3.05, 3.63) is 65.5 Å². The summed E-state index contributed by atoms with van der Waals surface area (Å²) in [4.78, 5) is 22.8. The molecule has 0 heterocycles. The Bertz CT molecular complexity index is 974. The van der Waals surface area contributed by atoms with E-state index in [4.69, 9.17) is 5.11 Å². The van der Waals surface area contributed by atoms with Crippen molar-refractivity contribution >= 4 is 28.1 Å². The lowest BCUT2D eigenvalue weighted by atomic mass is 10.1. The predicted molar refractivity (Wildman–Crippen MR) is 95.4 cm³/mol. The third kappa shape index (κ3) is 5.19. The molecule has 0 aliphatic rings. The Labute approximate surface area is 155 Å². The molecule has 0 aliphatic carbocycles. The summed E-state index contributed by atoms with van der Waals surface area (Å²) in [6.45, 7) is -0.530. The van der Waals surface area contributed by atoms with Crippen molar-refractivity contribution in [2.45, 2.75) is 4.90 Å². The lowest BCUT2D eigenvalue weighted by molar-refractivity contribution is -0.121. The van der Waals surface area contributed by atoms with Crippen LogP contribution < -0.4 is 5.43 Å². The normalized spacial score (nSPS) is 11.7. The van der Waals surface area contributed by atoms with Gasteiger partial charge in [-0.1, -0.05) is 18.2 Å². The van der Waals surface area contributed by atoms with Crippen molar-refractivity contribution in [1.82, 2.24) is 9.73 Å². The number of nitrogens with zero attached hydrogens (tertiary/aromatic N) is 2. The third-order valence-electron chi connectivity index (χ3n) is 3.47. The molecule has 0 radical (unpaired) electrons. The minimum atomic E-state index is -3.97. The molecule has 2 rings (SSSR count). The summed E-state index contributed by atoms with van der Waals surface area (Å²) in [5, 5.41) is 12.7. The van der Waals surface area contributed by atoms with Crippen LogP contribution in [0.2, 0.25) is 0 Å². The molecule has 0 aromatic heterocycles. The highest BCUT2D eigenvalue weighted by Crippen LogP contribution is 2.14. The van der Waals surface area contributed by atoms with Crippen LogP contribution in [-0.2, 0) is 14.8 Å². The first-order valence-corrected chi connectivity index (χ1v) is 9.02. The minimum Gasteiger partial charge on any atom is -0.478 e. The maximum absolute atomic E-state index is 12.9. The Morgan fingerprint density at radius 3 is 2.44 bits per heavy atom. The number of carboxylic acid groups (broad SMARTS) is 1. The van der Waals surface area contributed by atoms with Crippen molar-refractivity contribution in [2.24, 2.45) is 5.10 Å². The Hall–Kier alpha value is -3.11. The second-order valence-electron chi connectivity index (χ2n) is 5.40. The molecule has 0 unspecified atom stereocenters. The molecule has 0 saturated carbocycles. The van der Waals surface area contributed by atoms with E-state index < -0.39 is 34.3 Å². The number of hydrazone groups is 1. The SMILES string of the molecule is CN(CC(=O)N/N=C\c1ccccc1C(=O)O)S(=O)(=O)c1ccc(F)cc1. The van der Waals surface area contributed by atoms with E-state index in [0.29, 0.717) is 0 Å². The summed E-state index contributed by atoms with van der Waals surface area (Å²) < 4.78 is 38.3. The van der Waals surface area contributed by atoms with Crippen molar-refractivity contribution in [2.75, 3.05) is 13.6 Å². The van der Waals surface area contributed by atoms with E-state index in [9.17, 15) is 22.4 Å². The zero-order chi connectivity index (χ0) is 20.0. The number of halogens is 1. The molecule has 0 spiro atoms. The fraction of sp³-hybridized carbons (Fsp3) is 0.118. The molecule has 2 N–H and O–H groups in total. The molecule has 10 heteroatoms. The van der Waals surface area contributed by atoms with Crippen LogP contribution in [0, 0.1) is 5.82 Å². The largest absolute Gasteiger partial charge is 0.478 e. The number of aromatic carboxylic acids is 1. The van der Waals surface area contributed by atoms with E-state index in [1.54, 1.807) is 12.1 Å². The molecule has 0 saturated heterocycles. The van der Waals surface area contributed by atoms with Crippen LogP contribution in [0.1, 0.15) is 15.9 Å². The Morgan fingerprint density at radius 1 is 1.19 bits per heavy atom. The topological polar surface area (TPSA) is 116 Å². The van der Waals surface area contributed by atoms with E-state index in [1.165, 1.54) is 19.2 Å². The fourth-order valence-corrected chi connectivity index (χ4v) is 3.21. The van der Waals surface area contributed by atoms with Crippen molar-refractivity contribution in [3.8, 4) is 0 Å². The standard InChI is InChI=1S/C17H16FN3O5S/c1-21(27(25,26)14-8-6-13(18)7-9-14)11-16(22)20-19-10-12-4-2-3-5-15(12)17(23)24/h2-10H,11H2,1H3,(H,20,22)(H,23,24)/b19-10-. The number of hydrogen-bond acceptors (Lipinski definition) is 5. The summed E-state index contributed by atoms with van der Waals surface area (Å²) in [5.74, 6) is -2.45. The van der Waals surface area contributed by atoms with E-state index in [-0.39, 0.29) is 16.0 Å². The van der Waals surface area contributed by atoms with Gasteiger partial charge < -0.3 is 5.11 Å². The van der Waals surface area contributed by atoms with Gasteiger partial charge in [0.25, 0.3) is 5.91 Å². The maximum Gasteiger partial charge on any atom is 0.336 e. The zero-order valence-electron chi connectivity index (χ0n) is 14.2. The predicted octanol–water partition coefficient (Wildman–Crippen LogP) is 1.29. The molecular formula is C17H16FN3O5S. The number of likely N-dealkylation sites (N-methyl/N-ethyl adjacent to an activating group) is 1. The molecule has 142 valence electrons. The van der Waals surface area contributed by atoms with Gasteiger partial charge in [0, 0.05) is 12.6 Å². The van der Waals surface area contributed by atoms with E-state index in [2.05, 4.69) is 10.5 Å². The number of rotatable bonds is 7. The number of sulfonamides is 1. The highest BCUT2D eigenvalue weighted by atomic mass is 32.2. The van der Waals surface area contributed by atoms with Crippen LogP contribution in [0.15, 0.2) is 58.5 Å². The molecule has 0 fully saturated rings. The molecular weight excluding hydrogens is 377 g/mol. The molecule has 0 aliphatic heterocycles. The van der Waals surface area contributed by atoms with Gasteiger partial charge in [0.1, 0.15) is 5.82 Å². The first-order chi connectivity index (χ1) is 12.7.